The molecule has 0 rings (SSSR count). The molecule has 1 nitrogen and oxygen atoms in total. The summed E-state index contributed by atoms with van der Waals surface area (Å²) in [6.45, 7) is 2.02. The first-order chi connectivity index (χ1) is 2.27. The van der Waals surface area contributed by atoms with E-state index in [1.165, 1.54) is 0 Å². The van der Waals surface area contributed by atoms with E-state index >= 15 is 0 Å². The molecule has 0 aliphatic rings. The molecule has 0 aliphatic heterocycles. The number of hydrogen-bond donors (Lipinski definition) is 1. The molecule has 0 saturated heterocycles. The van der Waals surface area contributed by atoms with E-state index in [-0.39, 0.29) is 0 Å². The fourth-order valence-corrected chi connectivity index (χ4v) is 0. The van der Waals surface area contributed by atoms with Crippen molar-refractivity contribution in [1.29, 1.82) is 0 Å². The maximum atomic E-state index is 8.52. The summed E-state index contributed by atoms with van der Waals surface area (Å²) in [5.74, 6) is 0. The molecule has 0 aromatic carbocycles. The molecule has 0 heterocycles. The zero-order chi connectivity index (χ0) is 4.28. The van der Waals surface area contributed by atoms with Crippen LogP contribution in [-0.2, 0) is 0 Å². The summed E-state index contributed by atoms with van der Waals surface area (Å²) in [6, 6.07) is 0. The third-order valence-electron chi connectivity index (χ3n) is 0.387. The number of halogens is 1. The molecule has 0 atom stereocenters. The molecule has 0 fully saturated rings. The fourth-order valence-electron chi connectivity index (χ4n) is 0. The average molecular weight is 188 g/mol. The van der Waals surface area contributed by atoms with Gasteiger partial charge in [-0.1, -0.05) is 0 Å². The van der Waals surface area contributed by atoms with E-state index in [1.54, 1.807) is 0 Å². The Morgan fingerprint density at radius 3 is 2.00 bits per heavy atom. The van der Waals surface area contributed by atoms with E-state index < -0.39 is 20.2 Å². The predicted molar refractivity (Wildman–Crippen MR) is 32.7 cm³/mol. The summed E-state index contributed by atoms with van der Waals surface area (Å²) >= 11 is -1.28. The Kier molecular flexibility index (Phi) is 3.30. The van der Waals surface area contributed by atoms with E-state index in [9.17, 15) is 0 Å². The molecule has 0 aromatic rings. The van der Waals surface area contributed by atoms with Gasteiger partial charge in [0.05, 0.1) is 0 Å². The van der Waals surface area contributed by atoms with Crippen LogP contribution < -0.4 is 0 Å². The van der Waals surface area contributed by atoms with E-state index in [0.29, 0.717) is 0 Å². The van der Waals surface area contributed by atoms with Gasteiger partial charge in [0, 0.05) is 0 Å². The average Bonchev–Trinajstić information content (AvgIpc) is 1.38. The molecule has 0 amide bonds. The second-order valence-corrected chi connectivity index (χ2v) is 5.52. The van der Waals surface area contributed by atoms with E-state index in [4.69, 9.17) is 3.44 Å². The van der Waals surface area contributed by atoms with Crippen molar-refractivity contribution in [2.24, 2.45) is 0 Å². The second kappa shape index (κ2) is 2.90. The zero-order valence-corrected chi connectivity index (χ0v) is 5.69. The van der Waals surface area contributed by atoms with Crippen LogP contribution in [0, 0.1) is 0 Å². The molecule has 1 N–H and O–H groups in total. The van der Waals surface area contributed by atoms with Crippen LogP contribution in [0.5, 0.6) is 0 Å². The Morgan fingerprint density at radius 2 is 2.00 bits per heavy atom. The monoisotopic (exact) mass is 188 g/mol. The molecule has 2 heteroatoms. The molecule has 34 valence electrons. The van der Waals surface area contributed by atoms with Crippen molar-refractivity contribution < 1.29 is 3.44 Å². The normalized spacial score (nSPS) is 11.4. The first-order valence-electron chi connectivity index (χ1n) is 1.52. The Bertz CT molecular complexity index is 20.9. The molecular formula is C3H9IO. The standard InChI is InChI=1S/C3H9IO/c1-3-4(2)5/h5H,3H2,1-2H3. The molecule has 0 aliphatic carbocycles. The van der Waals surface area contributed by atoms with Crippen LogP contribution in [0.3, 0.4) is 0 Å². The van der Waals surface area contributed by atoms with Crippen molar-refractivity contribution >= 4 is 20.2 Å². The summed E-state index contributed by atoms with van der Waals surface area (Å²) in [7, 11) is 0. The van der Waals surface area contributed by atoms with Gasteiger partial charge in [0.15, 0.2) is 0 Å². The minimum absolute atomic E-state index is 1.02. The van der Waals surface area contributed by atoms with Gasteiger partial charge in [-0.2, -0.15) is 0 Å². The van der Waals surface area contributed by atoms with Crippen molar-refractivity contribution in [3.63, 3.8) is 0 Å². The summed E-state index contributed by atoms with van der Waals surface area (Å²) in [6.07, 6.45) is 0. The number of alkyl halides is 2. The summed E-state index contributed by atoms with van der Waals surface area (Å²) in [5.41, 5.74) is 0. The van der Waals surface area contributed by atoms with Gasteiger partial charge in [0.25, 0.3) is 0 Å². The first-order valence-corrected chi connectivity index (χ1v) is 6.17. The van der Waals surface area contributed by atoms with Crippen molar-refractivity contribution in [1.82, 2.24) is 0 Å². The third-order valence-corrected chi connectivity index (χ3v) is 2.59. The maximum absolute atomic E-state index is 8.52. The number of rotatable bonds is 1. The van der Waals surface area contributed by atoms with Crippen molar-refractivity contribution in [3.05, 3.63) is 0 Å². The molecule has 0 bridgehead atoms. The molecule has 0 radical (unpaired) electrons. The van der Waals surface area contributed by atoms with Gasteiger partial charge in [-0.25, -0.2) is 0 Å². The van der Waals surface area contributed by atoms with Crippen LogP contribution in [-0.4, -0.2) is 12.8 Å². The van der Waals surface area contributed by atoms with Crippen LogP contribution in [0.15, 0.2) is 0 Å². The summed E-state index contributed by atoms with van der Waals surface area (Å²) in [5, 5.41) is 0. The third kappa shape index (κ3) is 4.69. The minimum atomic E-state index is -1.28. The van der Waals surface area contributed by atoms with Crippen LogP contribution in [0.1, 0.15) is 6.92 Å². The van der Waals surface area contributed by atoms with Crippen molar-refractivity contribution in [2.75, 3.05) is 9.36 Å². The molecule has 0 saturated carbocycles. The summed E-state index contributed by atoms with van der Waals surface area (Å²) in [4.78, 5) is 1.93. The van der Waals surface area contributed by atoms with Crippen LogP contribution in [0.4, 0.5) is 0 Å². The quantitative estimate of drug-likeness (QED) is 0.481. The van der Waals surface area contributed by atoms with Crippen molar-refractivity contribution in [2.45, 2.75) is 6.92 Å². The van der Waals surface area contributed by atoms with Gasteiger partial charge in [-0.3, -0.25) is 0 Å². The van der Waals surface area contributed by atoms with Gasteiger partial charge < -0.3 is 0 Å². The molecule has 0 spiro atoms. The predicted octanol–water partition coefficient (Wildman–Crippen LogP) is 1.05. The Balaban J connectivity index is 2.54. The van der Waals surface area contributed by atoms with Gasteiger partial charge in [0.1, 0.15) is 0 Å². The van der Waals surface area contributed by atoms with Gasteiger partial charge >= 0.3 is 40.0 Å². The SMILES string of the molecule is CCI(C)O. The van der Waals surface area contributed by atoms with Crippen LogP contribution in [0.25, 0.3) is 0 Å². The molecular weight excluding hydrogens is 179 g/mol. The van der Waals surface area contributed by atoms with Gasteiger partial charge in [0.2, 0.25) is 0 Å². The zero-order valence-electron chi connectivity index (χ0n) is 3.53. The van der Waals surface area contributed by atoms with E-state index in [2.05, 4.69) is 0 Å². The second-order valence-electron chi connectivity index (χ2n) is 0.823. The Labute approximate surface area is 40.3 Å². The molecule has 0 aromatic heterocycles. The van der Waals surface area contributed by atoms with Crippen molar-refractivity contribution in [3.8, 4) is 0 Å². The topological polar surface area (TPSA) is 20.2 Å². The first kappa shape index (κ1) is 5.69. The van der Waals surface area contributed by atoms with E-state index in [0.717, 1.165) is 4.43 Å². The van der Waals surface area contributed by atoms with E-state index in [1.807, 2.05) is 11.9 Å². The number of hydrogen-bond acceptors (Lipinski definition) is 1. The Morgan fingerprint density at radius 1 is 1.80 bits per heavy atom. The van der Waals surface area contributed by atoms with Crippen LogP contribution >= 0.6 is 20.2 Å². The summed E-state index contributed by atoms with van der Waals surface area (Å²) < 4.78 is 9.54. The molecule has 5 heavy (non-hydrogen) atoms. The van der Waals surface area contributed by atoms with Crippen LogP contribution in [0.2, 0.25) is 0 Å². The van der Waals surface area contributed by atoms with Gasteiger partial charge in [-0.15, -0.1) is 0 Å². The fraction of sp³-hybridized carbons (Fsp3) is 1.00. The Hall–Kier alpha value is 0.690. The van der Waals surface area contributed by atoms with Gasteiger partial charge in [-0.05, 0) is 0 Å². The molecule has 0 unspecified atom stereocenters.